The summed E-state index contributed by atoms with van der Waals surface area (Å²) < 4.78 is 0. The molecule has 0 spiro atoms. The summed E-state index contributed by atoms with van der Waals surface area (Å²) in [6.07, 6.45) is 4.07. The highest BCUT2D eigenvalue weighted by atomic mass is 16.6. The fraction of sp³-hybridized carbons (Fsp3) is 0.714. The summed E-state index contributed by atoms with van der Waals surface area (Å²) in [5.74, 6) is 0. The molecule has 0 heterocycles. The van der Waals surface area contributed by atoms with Gasteiger partial charge in [0.25, 0.3) is 0 Å². The van der Waals surface area contributed by atoms with Crippen molar-refractivity contribution in [2.75, 3.05) is 13.2 Å². The number of unbranched alkanes of at least 4 members (excludes halogenated alkanes) is 1. The largest absolute Gasteiger partial charge is 0.302 e. The molecular weight excluding hydrogens is 114 g/mol. The number of hydrogen-bond acceptors (Lipinski definition) is 2. The third-order valence-electron chi connectivity index (χ3n) is 0.933. The van der Waals surface area contributed by atoms with Gasteiger partial charge in [0.15, 0.2) is 0 Å². The number of hydroxylamine groups is 1. The number of nitrogens with one attached hydrogen (secondary N) is 1. The van der Waals surface area contributed by atoms with Gasteiger partial charge in [0.05, 0.1) is 6.61 Å². The van der Waals surface area contributed by atoms with E-state index in [9.17, 15) is 0 Å². The van der Waals surface area contributed by atoms with Gasteiger partial charge in [-0.1, -0.05) is 6.08 Å². The lowest BCUT2D eigenvalue weighted by Gasteiger charge is -1.99. The Morgan fingerprint density at radius 1 is 1.67 bits per heavy atom. The van der Waals surface area contributed by atoms with Crippen molar-refractivity contribution in [3.05, 3.63) is 12.7 Å². The van der Waals surface area contributed by atoms with Crippen molar-refractivity contribution in [1.82, 2.24) is 5.48 Å². The molecule has 1 N–H and O–H groups in total. The Bertz CT molecular complexity index is 63.9. The van der Waals surface area contributed by atoms with Crippen LogP contribution in [0.5, 0.6) is 0 Å². The van der Waals surface area contributed by atoms with Crippen molar-refractivity contribution < 1.29 is 4.84 Å². The molecule has 0 amide bonds. The van der Waals surface area contributed by atoms with E-state index in [0.717, 1.165) is 26.0 Å². The van der Waals surface area contributed by atoms with E-state index in [2.05, 4.69) is 12.1 Å². The lowest BCUT2D eigenvalue weighted by molar-refractivity contribution is 0.0506. The Kier molecular flexibility index (Phi) is 7.37. The molecule has 0 fully saturated rings. The smallest absolute Gasteiger partial charge is 0.0653 e. The Labute approximate surface area is 56.9 Å². The van der Waals surface area contributed by atoms with E-state index in [0.29, 0.717) is 0 Å². The summed E-state index contributed by atoms with van der Waals surface area (Å²) in [5.41, 5.74) is 2.82. The molecule has 0 unspecified atom stereocenters. The van der Waals surface area contributed by atoms with Gasteiger partial charge in [-0.15, -0.1) is 6.58 Å². The summed E-state index contributed by atoms with van der Waals surface area (Å²) in [6.45, 7) is 7.22. The molecule has 0 bridgehead atoms. The molecule has 0 saturated carbocycles. The highest BCUT2D eigenvalue weighted by Crippen LogP contribution is 1.85. The van der Waals surface area contributed by atoms with E-state index < -0.39 is 0 Å². The van der Waals surface area contributed by atoms with E-state index in [1.807, 2.05) is 13.0 Å². The van der Waals surface area contributed by atoms with Gasteiger partial charge in [-0.25, -0.2) is 5.48 Å². The minimum absolute atomic E-state index is 0.730. The maximum absolute atomic E-state index is 4.90. The predicted octanol–water partition coefficient (Wildman–Crippen LogP) is 1.49. The Balaban J connectivity index is 2.66. The molecule has 0 atom stereocenters. The second kappa shape index (κ2) is 7.66. The Morgan fingerprint density at radius 3 is 3.00 bits per heavy atom. The van der Waals surface area contributed by atoms with Gasteiger partial charge in [0.1, 0.15) is 0 Å². The first kappa shape index (κ1) is 8.66. The molecule has 0 saturated heterocycles. The van der Waals surface area contributed by atoms with Crippen molar-refractivity contribution in [3.8, 4) is 0 Å². The highest BCUT2D eigenvalue weighted by molar-refractivity contribution is 4.65. The quantitative estimate of drug-likeness (QED) is 0.333. The molecule has 0 aliphatic carbocycles. The van der Waals surface area contributed by atoms with Crippen molar-refractivity contribution in [1.29, 1.82) is 0 Å². The van der Waals surface area contributed by atoms with E-state index in [1.165, 1.54) is 0 Å². The average Bonchev–Trinajstić information content (AvgIpc) is 1.89. The van der Waals surface area contributed by atoms with Crippen LogP contribution in [0.4, 0.5) is 0 Å². The number of rotatable bonds is 6. The minimum atomic E-state index is 0.730. The van der Waals surface area contributed by atoms with Crippen molar-refractivity contribution >= 4 is 0 Å². The topological polar surface area (TPSA) is 21.3 Å². The van der Waals surface area contributed by atoms with Crippen molar-refractivity contribution in [3.63, 3.8) is 0 Å². The monoisotopic (exact) mass is 129 g/mol. The van der Waals surface area contributed by atoms with Gasteiger partial charge in [-0.2, -0.15) is 0 Å². The summed E-state index contributed by atoms with van der Waals surface area (Å²) >= 11 is 0. The molecule has 54 valence electrons. The highest BCUT2D eigenvalue weighted by Gasteiger charge is 1.81. The lowest BCUT2D eigenvalue weighted by Crippen LogP contribution is -2.15. The van der Waals surface area contributed by atoms with Crippen LogP contribution in [-0.2, 0) is 4.84 Å². The molecule has 0 aromatic heterocycles. The summed E-state index contributed by atoms with van der Waals surface area (Å²) in [6, 6.07) is 0. The summed E-state index contributed by atoms with van der Waals surface area (Å²) in [7, 11) is 0. The van der Waals surface area contributed by atoms with Crippen LogP contribution in [0, 0.1) is 0 Å². The number of allylic oxidation sites excluding steroid dienone is 1. The van der Waals surface area contributed by atoms with E-state index in [4.69, 9.17) is 4.84 Å². The van der Waals surface area contributed by atoms with Gasteiger partial charge in [-0.3, -0.25) is 0 Å². The maximum atomic E-state index is 4.90. The van der Waals surface area contributed by atoms with Crippen LogP contribution >= 0.6 is 0 Å². The van der Waals surface area contributed by atoms with Gasteiger partial charge in [0, 0.05) is 6.54 Å². The van der Waals surface area contributed by atoms with E-state index in [1.54, 1.807) is 0 Å². The first-order valence-corrected chi connectivity index (χ1v) is 3.37. The zero-order chi connectivity index (χ0) is 6.95. The van der Waals surface area contributed by atoms with E-state index in [-0.39, 0.29) is 0 Å². The summed E-state index contributed by atoms with van der Waals surface area (Å²) in [5, 5.41) is 0. The SMILES string of the molecule is C=CCCCNOCC. The van der Waals surface area contributed by atoms with Crippen molar-refractivity contribution in [2.45, 2.75) is 19.8 Å². The molecule has 0 aromatic rings. The Morgan fingerprint density at radius 2 is 2.44 bits per heavy atom. The molecule has 0 aliphatic heterocycles. The normalized spacial score (nSPS) is 9.44. The van der Waals surface area contributed by atoms with Gasteiger partial charge < -0.3 is 4.84 Å². The van der Waals surface area contributed by atoms with E-state index >= 15 is 0 Å². The zero-order valence-electron chi connectivity index (χ0n) is 6.02. The predicted molar refractivity (Wildman–Crippen MR) is 39.1 cm³/mol. The standard InChI is InChI=1S/C7H15NO/c1-3-5-6-7-8-9-4-2/h3,8H,1,4-7H2,2H3. The first-order valence-electron chi connectivity index (χ1n) is 3.37. The zero-order valence-corrected chi connectivity index (χ0v) is 6.02. The average molecular weight is 129 g/mol. The second-order valence-corrected chi connectivity index (χ2v) is 1.76. The third-order valence-corrected chi connectivity index (χ3v) is 0.933. The first-order chi connectivity index (χ1) is 4.41. The molecule has 0 aromatic carbocycles. The van der Waals surface area contributed by atoms with Crippen molar-refractivity contribution in [2.24, 2.45) is 0 Å². The van der Waals surface area contributed by atoms with Crippen LogP contribution < -0.4 is 5.48 Å². The van der Waals surface area contributed by atoms with Crippen LogP contribution in [0.25, 0.3) is 0 Å². The van der Waals surface area contributed by atoms with Gasteiger partial charge in [0.2, 0.25) is 0 Å². The maximum Gasteiger partial charge on any atom is 0.0653 e. The molecular formula is C7H15NO. The molecule has 2 nitrogen and oxygen atoms in total. The molecule has 2 heteroatoms. The number of hydrogen-bond donors (Lipinski definition) is 1. The second-order valence-electron chi connectivity index (χ2n) is 1.76. The van der Waals surface area contributed by atoms with Crippen LogP contribution in [0.2, 0.25) is 0 Å². The van der Waals surface area contributed by atoms with Crippen LogP contribution in [0.3, 0.4) is 0 Å². The van der Waals surface area contributed by atoms with Crippen LogP contribution in [-0.4, -0.2) is 13.2 Å². The van der Waals surface area contributed by atoms with Crippen LogP contribution in [0.15, 0.2) is 12.7 Å². The molecule has 9 heavy (non-hydrogen) atoms. The molecule has 0 aliphatic rings. The molecule has 0 radical (unpaired) electrons. The minimum Gasteiger partial charge on any atom is -0.302 e. The molecule has 0 rings (SSSR count). The third kappa shape index (κ3) is 7.66. The fourth-order valence-corrected chi connectivity index (χ4v) is 0.493. The summed E-state index contributed by atoms with van der Waals surface area (Å²) in [4.78, 5) is 4.90. The Hall–Kier alpha value is -0.340. The van der Waals surface area contributed by atoms with Gasteiger partial charge in [-0.05, 0) is 19.8 Å². The fourth-order valence-electron chi connectivity index (χ4n) is 0.493. The van der Waals surface area contributed by atoms with Crippen LogP contribution in [0.1, 0.15) is 19.8 Å². The lowest BCUT2D eigenvalue weighted by atomic mass is 10.3. The van der Waals surface area contributed by atoms with Gasteiger partial charge >= 0.3 is 0 Å².